The molecule has 0 radical (unpaired) electrons. The monoisotopic (exact) mass is 320 g/mol. The Hall–Kier alpha value is -1.64. The zero-order valence-corrected chi connectivity index (χ0v) is 14.3. The third kappa shape index (κ3) is 3.55. The second-order valence-corrected chi connectivity index (χ2v) is 7.46. The average molecular weight is 320 g/mol. The lowest BCUT2D eigenvalue weighted by molar-refractivity contribution is 0.0746. The number of nitrogens with one attached hydrogen (secondary N) is 2. The Morgan fingerprint density at radius 2 is 0.958 bits per heavy atom. The Morgan fingerprint density at radius 3 is 1.33 bits per heavy atom. The van der Waals surface area contributed by atoms with Crippen LogP contribution in [0.1, 0.15) is 36.8 Å². The van der Waals surface area contributed by atoms with Crippen LogP contribution >= 0.6 is 0 Å². The van der Waals surface area contributed by atoms with Gasteiger partial charge in [0.15, 0.2) is 0 Å². The number of fused-ring (bicyclic) bond motifs is 3. The van der Waals surface area contributed by atoms with Crippen molar-refractivity contribution >= 4 is 0 Å². The van der Waals surface area contributed by atoms with Gasteiger partial charge in [-0.15, -0.1) is 0 Å². The fourth-order valence-electron chi connectivity index (χ4n) is 4.70. The molecule has 5 rings (SSSR count). The maximum Gasteiger partial charge on any atom is 0.0255 e. The fourth-order valence-corrected chi connectivity index (χ4v) is 4.70. The normalized spacial score (nSPS) is 28.8. The predicted molar refractivity (Wildman–Crippen MR) is 99.6 cm³/mol. The van der Waals surface area contributed by atoms with Crippen molar-refractivity contribution in [1.82, 2.24) is 10.6 Å². The molecule has 2 N–H and O–H groups in total. The van der Waals surface area contributed by atoms with Crippen LogP contribution < -0.4 is 10.6 Å². The molecule has 3 saturated carbocycles. The summed E-state index contributed by atoms with van der Waals surface area (Å²) >= 11 is 0. The van der Waals surface area contributed by atoms with Crippen LogP contribution in [-0.4, -0.2) is 12.1 Å². The van der Waals surface area contributed by atoms with E-state index in [4.69, 9.17) is 0 Å². The van der Waals surface area contributed by atoms with E-state index in [9.17, 15) is 0 Å². The van der Waals surface area contributed by atoms with Gasteiger partial charge in [0.05, 0.1) is 0 Å². The molecule has 0 amide bonds. The molecule has 2 aromatic carbocycles. The minimum atomic E-state index is 0.612. The molecule has 0 aromatic heterocycles. The van der Waals surface area contributed by atoms with Crippen molar-refractivity contribution in [1.29, 1.82) is 0 Å². The Labute approximate surface area is 145 Å². The molecular formula is C22H28N2. The van der Waals surface area contributed by atoms with Crippen molar-refractivity contribution in [2.24, 2.45) is 11.8 Å². The van der Waals surface area contributed by atoms with Gasteiger partial charge in [-0.05, 0) is 48.6 Å². The molecule has 0 saturated heterocycles. The summed E-state index contributed by atoms with van der Waals surface area (Å²) in [5, 5.41) is 7.79. The molecule has 3 aliphatic rings. The minimum absolute atomic E-state index is 0.612. The average Bonchev–Trinajstić information content (AvgIpc) is 2.67. The third-order valence-electron chi connectivity index (χ3n) is 5.99. The summed E-state index contributed by atoms with van der Waals surface area (Å²) in [4.78, 5) is 0. The van der Waals surface area contributed by atoms with Gasteiger partial charge in [-0.25, -0.2) is 0 Å². The SMILES string of the molecule is c1ccc(CN[C@@H]2C3CCC(CC3)[C@H]2NCc2ccccc2)cc1. The van der Waals surface area contributed by atoms with E-state index in [2.05, 4.69) is 71.3 Å². The fraction of sp³-hybridized carbons (Fsp3) is 0.455. The summed E-state index contributed by atoms with van der Waals surface area (Å²) in [6.45, 7) is 1.97. The van der Waals surface area contributed by atoms with Crippen LogP contribution in [0, 0.1) is 11.8 Å². The van der Waals surface area contributed by atoms with Crippen LogP contribution in [0.2, 0.25) is 0 Å². The molecule has 0 unspecified atom stereocenters. The van der Waals surface area contributed by atoms with Gasteiger partial charge in [0, 0.05) is 25.2 Å². The topological polar surface area (TPSA) is 24.1 Å². The zero-order valence-electron chi connectivity index (χ0n) is 14.3. The smallest absolute Gasteiger partial charge is 0.0255 e. The van der Waals surface area contributed by atoms with Gasteiger partial charge in [0.25, 0.3) is 0 Å². The lowest BCUT2D eigenvalue weighted by Crippen LogP contribution is -2.60. The number of hydrogen-bond acceptors (Lipinski definition) is 2. The number of benzene rings is 2. The molecule has 2 atom stereocenters. The highest BCUT2D eigenvalue weighted by molar-refractivity contribution is 5.16. The Kier molecular flexibility index (Phi) is 4.96. The van der Waals surface area contributed by atoms with Crippen LogP contribution in [0.5, 0.6) is 0 Å². The predicted octanol–water partition coefficient (Wildman–Crippen LogP) is 4.12. The van der Waals surface area contributed by atoms with E-state index in [1.54, 1.807) is 0 Å². The van der Waals surface area contributed by atoms with Crippen molar-refractivity contribution < 1.29 is 0 Å². The van der Waals surface area contributed by atoms with Gasteiger partial charge in [-0.3, -0.25) is 0 Å². The first-order valence-electron chi connectivity index (χ1n) is 9.45. The highest BCUT2D eigenvalue weighted by Gasteiger charge is 2.42. The zero-order chi connectivity index (χ0) is 16.2. The van der Waals surface area contributed by atoms with Crippen LogP contribution in [0.4, 0.5) is 0 Å². The maximum atomic E-state index is 3.89. The summed E-state index contributed by atoms with van der Waals surface area (Å²) < 4.78 is 0. The highest BCUT2D eigenvalue weighted by atomic mass is 15.0. The second kappa shape index (κ2) is 7.50. The van der Waals surface area contributed by atoms with Gasteiger partial charge in [0.2, 0.25) is 0 Å². The minimum Gasteiger partial charge on any atom is -0.308 e. The molecule has 0 heterocycles. The first kappa shape index (κ1) is 15.9. The lowest BCUT2D eigenvalue weighted by atomic mass is 9.64. The summed E-state index contributed by atoms with van der Waals surface area (Å²) in [7, 11) is 0. The van der Waals surface area contributed by atoms with Crippen molar-refractivity contribution in [3.8, 4) is 0 Å². The molecule has 0 aliphatic heterocycles. The van der Waals surface area contributed by atoms with Gasteiger partial charge in [-0.2, -0.15) is 0 Å². The summed E-state index contributed by atoms with van der Waals surface area (Å²) in [6, 6.07) is 22.8. The lowest BCUT2D eigenvalue weighted by Gasteiger charge is -2.49. The van der Waals surface area contributed by atoms with Crippen LogP contribution in [0.3, 0.4) is 0 Å². The molecule has 3 aliphatic carbocycles. The van der Waals surface area contributed by atoms with E-state index >= 15 is 0 Å². The molecule has 126 valence electrons. The quantitative estimate of drug-likeness (QED) is 0.836. The van der Waals surface area contributed by atoms with Crippen molar-refractivity contribution in [2.45, 2.75) is 50.9 Å². The van der Waals surface area contributed by atoms with Gasteiger partial charge in [-0.1, -0.05) is 60.7 Å². The second-order valence-electron chi connectivity index (χ2n) is 7.46. The van der Waals surface area contributed by atoms with Gasteiger partial charge >= 0.3 is 0 Å². The van der Waals surface area contributed by atoms with E-state index in [0.29, 0.717) is 12.1 Å². The van der Waals surface area contributed by atoms with Crippen molar-refractivity contribution in [3.05, 3.63) is 71.8 Å². The van der Waals surface area contributed by atoms with Gasteiger partial charge < -0.3 is 10.6 Å². The van der Waals surface area contributed by atoms with E-state index in [1.165, 1.54) is 36.8 Å². The molecule has 2 bridgehead atoms. The Bertz CT molecular complexity index is 559. The number of rotatable bonds is 6. The molecule has 0 spiro atoms. The van der Waals surface area contributed by atoms with Crippen molar-refractivity contribution in [2.75, 3.05) is 0 Å². The maximum absolute atomic E-state index is 3.89. The first-order chi connectivity index (χ1) is 11.9. The van der Waals surface area contributed by atoms with Crippen LogP contribution in [-0.2, 0) is 13.1 Å². The first-order valence-corrected chi connectivity index (χ1v) is 9.45. The van der Waals surface area contributed by atoms with E-state index < -0.39 is 0 Å². The molecule has 24 heavy (non-hydrogen) atoms. The standard InChI is InChI=1S/C22H28N2/c1-3-7-17(8-4-1)15-23-21-19-11-13-20(14-12-19)22(21)24-16-18-9-5-2-6-10-18/h1-10,19-24H,11-16H2/t19?,20?,21-,22-/m1/s1. The summed E-state index contributed by atoms with van der Waals surface area (Å²) in [6.07, 6.45) is 5.61. The van der Waals surface area contributed by atoms with E-state index in [1.807, 2.05) is 0 Å². The van der Waals surface area contributed by atoms with Crippen molar-refractivity contribution in [3.63, 3.8) is 0 Å². The summed E-state index contributed by atoms with van der Waals surface area (Å²) in [5.41, 5.74) is 2.78. The van der Waals surface area contributed by atoms with Crippen LogP contribution in [0.25, 0.3) is 0 Å². The van der Waals surface area contributed by atoms with Gasteiger partial charge in [0.1, 0.15) is 0 Å². The van der Waals surface area contributed by atoms with Crippen LogP contribution in [0.15, 0.2) is 60.7 Å². The molecular weight excluding hydrogens is 292 g/mol. The Balaban J connectivity index is 1.41. The molecule has 2 nitrogen and oxygen atoms in total. The summed E-state index contributed by atoms with van der Waals surface area (Å²) in [5.74, 6) is 1.68. The van der Waals surface area contributed by atoms with E-state index in [0.717, 1.165) is 24.9 Å². The number of hydrogen-bond donors (Lipinski definition) is 2. The molecule has 3 fully saturated rings. The largest absolute Gasteiger partial charge is 0.308 e. The third-order valence-corrected chi connectivity index (χ3v) is 5.99. The molecule has 2 heteroatoms. The molecule has 2 aromatic rings. The highest BCUT2D eigenvalue weighted by Crippen LogP contribution is 2.41. The Morgan fingerprint density at radius 1 is 0.583 bits per heavy atom. The van der Waals surface area contributed by atoms with E-state index in [-0.39, 0.29) is 0 Å².